The Kier molecular flexibility index (Phi) is 6.21. The molecule has 0 aromatic heterocycles. The molecule has 1 saturated heterocycles. The van der Waals surface area contributed by atoms with Gasteiger partial charge in [-0.05, 0) is 0 Å². The fourth-order valence-corrected chi connectivity index (χ4v) is 3.71. The molecule has 0 bridgehead atoms. The summed E-state index contributed by atoms with van der Waals surface area (Å²) < 4.78 is 55.8. The molecule has 0 aliphatic carbocycles. The molecule has 1 rings (SSSR count). The van der Waals surface area contributed by atoms with Crippen molar-refractivity contribution in [3.05, 3.63) is 0 Å². The normalized spacial score (nSPS) is 19.1. The summed E-state index contributed by atoms with van der Waals surface area (Å²) in [5.74, 6) is 0. The first-order valence-corrected chi connectivity index (χ1v) is 7.67. The molecule has 1 aliphatic heterocycles. The van der Waals surface area contributed by atoms with Crippen LogP contribution in [0.25, 0.3) is 0 Å². The Morgan fingerprint density at radius 1 is 1.35 bits per heavy atom. The van der Waals surface area contributed by atoms with Gasteiger partial charge in [0.1, 0.15) is 0 Å². The Bertz CT molecular complexity index is 323. The van der Waals surface area contributed by atoms with Crippen LogP contribution >= 0.6 is 15.9 Å². The maximum Gasteiger partial charge on any atom is 0.282 e. The third-order valence-corrected chi connectivity index (χ3v) is 4.65. The third kappa shape index (κ3) is 4.40. The maximum absolute atomic E-state index is 12.3. The van der Waals surface area contributed by atoms with Crippen molar-refractivity contribution in [1.82, 2.24) is 8.61 Å². The summed E-state index contributed by atoms with van der Waals surface area (Å²) in [5.41, 5.74) is 0. The van der Waals surface area contributed by atoms with Crippen molar-refractivity contribution in [2.24, 2.45) is 0 Å². The van der Waals surface area contributed by atoms with E-state index in [4.69, 9.17) is 4.74 Å². The molecule has 0 saturated carbocycles. The van der Waals surface area contributed by atoms with Gasteiger partial charge in [0.2, 0.25) is 0 Å². The monoisotopic (exact) mass is 336 g/mol. The van der Waals surface area contributed by atoms with E-state index in [1.165, 1.54) is 4.31 Å². The standard InChI is InChI=1S/C8H15BrF2N2O3S/c9-1-2-13(7-8(10)11)17(14,15)12-3-5-16-6-4-12/h8H,1-7H2. The van der Waals surface area contributed by atoms with Crippen molar-refractivity contribution in [3.8, 4) is 0 Å². The van der Waals surface area contributed by atoms with Crippen molar-refractivity contribution in [3.63, 3.8) is 0 Å². The van der Waals surface area contributed by atoms with Crippen molar-refractivity contribution in [2.75, 3.05) is 44.7 Å². The second kappa shape index (κ2) is 6.93. The summed E-state index contributed by atoms with van der Waals surface area (Å²) in [7, 11) is -3.80. The zero-order chi connectivity index (χ0) is 12.9. The van der Waals surface area contributed by atoms with E-state index in [1.807, 2.05) is 0 Å². The number of nitrogens with zero attached hydrogens (tertiary/aromatic N) is 2. The molecule has 1 heterocycles. The molecule has 0 amide bonds. The van der Waals surface area contributed by atoms with Crippen LogP contribution in [0, 0.1) is 0 Å². The van der Waals surface area contributed by atoms with Gasteiger partial charge in [0.05, 0.1) is 19.8 Å². The van der Waals surface area contributed by atoms with Gasteiger partial charge in [-0.2, -0.15) is 17.0 Å². The first kappa shape index (κ1) is 15.2. The highest BCUT2D eigenvalue weighted by atomic mass is 79.9. The van der Waals surface area contributed by atoms with Crippen molar-refractivity contribution in [2.45, 2.75) is 6.43 Å². The van der Waals surface area contributed by atoms with E-state index in [0.717, 1.165) is 4.31 Å². The van der Waals surface area contributed by atoms with Crippen LogP contribution in [0.15, 0.2) is 0 Å². The molecule has 0 aromatic carbocycles. The fourth-order valence-electron chi connectivity index (χ4n) is 1.49. The number of hydrogen-bond donors (Lipinski definition) is 0. The molecule has 1 aliphatic rings. The number of morpholine rings is 1. The highest BCUT2D eigenvalue weighted by Gasteiger charge is 2.32. The van der Waals surface area contributed by atoms with E-state index in [9.17, 15) is 17.2 Å². The molecule has 0 unspecified atom stereocenters. The predicted octanol–water partition coefficient (Wildman–Crippen LogP) is 0.525. The molecule has 9 heteroatoms. The van der Waals surface area contributed by atoms with Gasteiger partial charge in [0, 0.05) is 25.0 Å². The summed E-state index contributed by atoms with van der Waals surface area (Å²) in [6.45, 7) is 0.288. The SMILES string of the molecule is O=S(=O)(N1CCOCC1)N(CCBr)CC(F)F. The third-order valence-electron chi connectivity index (χ3n) is 2.30. The first-order chi connectivity index (χ1) is 7.98. The highest BCUT2D eigenvalue weighted by Crippen LogP contribution is 2.13. The van der Waals surface area contributed by atoms with Gasteiger partial charge in [-0.25, -0.2) is 8.78 Å². The van der Waals surface area contributed by atoms with Crippen LogP contribution in [0.4, 0.5) is 8.78 Å². The van der Waals surface area contributed by atoms with Crippen molar-refractivity contribution >= 4 is 26.1 Å². The van der Waals surface area contributed by atoms with Crippen LogP contribution in [0.3, 0.4) is 0 Å². The van der Waals surface area contributed by atoms with Crippen LogP contribution in [0.1, 0.15) is 0 Å². The van der Waals surface area contributed by atoms with Gasteiger partial charge >= 0.3 is 0 Å². The number of halogens is 3. The van der Waals surface area contributed by atoms with Gasteiger partial charge < -0.3 is 4.74 Å². The molecule has 0 N–H and O–H groups in total. The van der Waals surface area contributed by atoms with Crippen molar-refractivity contribution < 1.29 is 21.9 Å². The molecule has 0 aromatic rings. The lowest BCUT2D eigenvalue weighted by Crippen LogP contribution is -2.50. The Balaban J connectivity index is 2.74. The lowest BCUT2D eigenvalue weighted by Gasteiger charge is -2.31. The first-order valence-electron chi connectivity index (χ1n) is 5.15. The van der Waals surface area contributed by atoms with Gasteiger partial charge in [-0.15, -0.1) is 0 Å². The minimum absolute atomic E-state index is 0.0318. The Hall–Kier alpha value is 0.170. The Morgan fingerprint density at radius 2 is 1.94 bits per heavy atom. The average molecular weight is 337 g/mol. The Morgan fingerprint density at radius 3 is 2.41 bits per heavy atom. The van der Waals surface area contributed by atoms with E-state index in [1.54, 1.807) is 0 Å². The summed E-state index contributed by atoms with van der Waals surface area (Å²) >= 11 is 3.06. The largest absolute Gasteiger partial charge is 0.379 e. The van der Waals surface area contributed by atoms with Crippen LogP contribution in [0.5, 0.6) is 0 Å². The summed E-state index contributed by atoms with van der Waals surface area (Å²) in [6.07, 6.45) is -2.68. The molecular weight excluding hydrogens is 322 g/mol. The molecule has 0 radical (unpaired) electrons. The zero-order valence-electron chi connectivity index (χ0n) is 9.19. The average Bonchev–Trinajstić information content (AvgIpc) is 2.29. The van der Waals surface area contributed by atoms with Crippen LogP contribution in [-0.2, 0) is 14.9 Å². The zero-order valence-corrected chi connectivity index (χ0v) is 11.6. The predicted molar refractivity (Wildman–Crippen MR) is 62.7 cm³/mol. The molecule has 5 nitrogen and oxygen atoms in total. The van der Waals surface area contributed by atoms with E-state index < -0.39 is 23.2 Å². The van der Waals surface area contributed by atoms with Gasteiger partial charge in [0.15, 0.2) is 0 Å². The minimum Gasteiger partial charge on any atom is -0.379 e. The number of hydrogen-bond acceptors (Lipinski definition) is 3. The van der Waals surface area contributed by atoms with Crippen LogP contribution in [-0.4, -0.2) is 68.2 Å². The molecular formula is C8H15BrF2N2O3S. The lowest BCUT2D eigenvalue weighted by atomic mass is 10.5. The van der Waals surface area contributed by atoms with Crippen LogP contribution < -0.4 is 0 Å². The van der Waals surface area contributed by atoms with E-state index >= 15 is 0 Å². The molecule has 0 spiro atoms. The van der Waals surface area contributed by atoms with Gasteiger partial charge in [0.25, 0.3) is 16.6 Å². The molecule has 17 heavy (non-hydrogen) atoms. The summed E-state index contributed by atoms with van der Waals surface area (Å²) in [6, 6.07) is 0. The van der Waals surface area contributed by atoms with Gasteiger partial charge in [-0.3, -0.25) is 0 Å². The van der Waals surface area contributed by atoms with Crippen LogP contribution in [0.2, 0.25) is 0 Å². The minimum atomic E-state index is -3.80. The fraction of sp³-hybridized carbons (Fsp3) is 1.00. The second-order valence-electron chi connectivity index (χ2n) is 3.46. The maximum atomic E-state index is 12.3. The smallest absolute Gasteiger partial charge is 0.282 e. The molecule has 1 fully saturated rings. The number of rotatable bonds is 6. The molecule has 0 atom stereocenters. The summed E-state index contributed by atoms with van der Waals surface area (Å²) in [4.78, 5) is 0. The van der Waals surface area contributed by atoms with Gasteiger partial charge in [-0.1, -0.05) is 15.9 Å². The Labute approximate surface area is 108 Å². The topological polar surface area (TPSA) is 49.9 Å². The molecule has 102 valence electrons. The van der Waals surface area contributed by atoms with E-state index in [-0.39, 0.29) is 19.6 Å². The quantitative estimate of drug-likeness (QED) is 0.665. The highest BCUT2D eigenvalue weighted by molar-refractivity contribution is 9.09. The number of alkyl halides is 3. The van der Waals surface area contributed by atoms with E-state index in [2.05, 4.69) is 15.9 Å². The summed E-state index contributed by atoms with van der Waals surface area (Å²) in [5, 5.41) is 0.323. The number of ether oxygens (including phenoxy) is 1. The van der Waals surface area contributed by atoms with Crippen molar-refractivity contribution in [1.29, 1.82) is 0 Å². The van der Waals surface area contributed by atoms with E-state index in [0.29, 0.717) is 18.5 Å². The second-order valence-corrected chi connectivity index (χ2v) is 6.18. The lowest BCUT2D eigenvalue weighted by molar-refractivity contribution is 0.0673.